The molecule has 0 saturated heterocycles. The van der Waals surface area contributed by atoms with Gasteiger partial charge in [-0.25, -0.2) is 0 Å². The molecule has 60 valence electrons. The Morgan fingerprint density at radius 3 is 2.83 bits per heavy atom. The second-order valence-corrected chi connectivity index (χ2v) is 2.39. The van der Waals surface area contributed by atoms with E-state index in [-0.39, 0.29) is 5.56 Å². The van der Waals surface area contributed by atoms with Crippen molar-refractivity contribution in [3.05, 3.63) is 40.8 Å². The van der Waals surface area contributed by atoms with Crippen LogP contribution >= 0.6 is 0 Å². The van der Waals surface area contributed by atoms with Gasteiger partial charge in [-0.05, 0) is 12.1 Å². The fourth-order valence-corrected chi connectivity index (χ4v) is 1.01. The van der Waals surface area contributed by atoms with Gasteiger partial charge in [-0.3, -0.25) is 9.89 Å². The van der Waals surface area contributed by atoms with Crippen molar-refractivity contribution in [1.82, 2.24) is 15.2 Å². The Morgan fingerprint density at radius 1 is 1.25 bits per heavy atom. The van der Waals surface area contributed by atoms with Gasteiger partial charge in [0.15, 0.2) is 0 Å². The van der Waals surface area contributed by atoms with Crippen LogP contribution in [0.25, 0.3) is 11.4 Å². The molecule has 0 aliphatic heterocycles. The number of pyridine rings is 1. The number of H-pyrrole nitrogens is 2. The van der Waals surface area contributed by atoms with Crippen molar-refractivity contribution >= 4 is 0 Å². The third-order valence-electron chi connectivity index (χ3n) is 1.55. The summed E-state index contributed by atoms with van der Waals surface area (Å²) in [5.74, 6) is 0. The first-order valence-electron chi connectivity index (χ1n) is 3.56. The predicted octanol–water partition coefficient (Wildman–Crippen LogP) is 0.765. The Bertz CT molecular complexity index is 416. The smallest absolute Gasteiger partial charge is 0.248 e. The quantitative estimate of drug-likeness (QED) is 0.648. The van der Waals surface area contributed by atoms with E-state index >= 15 is 0 Å². The molecule has 0 aliphatic carbocycles. The lowest BCUT2D eigenvalue weighted by molar-refractivity contribution is 1.08. The Hall–Kier alpha value is -1.84. The maximum absolute atomic E-state index is 10.9. The molecule has 2 aromatic heterocycles. The lowest BCUT2D eigenvalue weighted by atomic mass is 10.3. The summed E-state index contributed by atoms with van der Waals surface area (Å²) in [5, 5.41) is 6.61. The molecule has 2 aromatic rings. The summed E-state index contributed by atoms with van der Waals surface area (Å²) in [4.78, 5) is 13.6. The Morgan fingerprint density at radius 2 is 2.17 bits per heavy atom. The monoisotopic (exact) mass is 161 g/mol. The van der Waals surface area contributed by atoms with Crippen molar-refractivity contribution in [3.63, 3.8) is 0 Å². The van der Waals surface area contributed by atoms with Gasteiger partial charge in [0.1, 0.15) is 5.69 Å². The third kappa shape index (κ3) is 1.14. The molecule has 0 aromatic carbocycles. The molecular formula is C8H7N3O. The topological polar surface area (TPSA) is 61.5 Å². The molecule has 4 heteroatoms. The second kappa shape index (κ2) is 2.65. The van der Waals surface area contributed by atoms with Crippen LogP contribution in [0, 0.1) is 0 Å². The molecule has 2 rings (SSSR count). The van der Waals surface area contributed by atoms with Gasteiger partial charge in [0.05, 0.1) is 5.69 Å². The lowest BCUT2D eigenvalue weighted by Crippen LogP contribution is -2.03. The Labute approximate surface area is 68.3 Å². The van der Waals surface area contributed by atoms with E-state index in [1.807, 2.05) is 0 Å². The predicted molar refractivity (Wildman–Crippen MR) is 44.6 cm³/mol. The van der Waals surface area contributed by atoms with Crippen molar-refractivity contribution in [2.24, 2.45) is 0 Å². The number of aromatic nitrogens is 3. The summed E-state index contributed by atoms with van der Waals surface area (Å²) in [6, 6.07) is 6.77. The molecule has 0 aliphatic rings. The number of aromatic amines is 2. The SMILES string of the molecule is O=c1cccc(-c2cc[nH]n2)[nH]1. The number of hydrogen-bond acceptors (Lipinski definition) is 2. The minimum absolute atomic E-state index is 0.115. The number of rotatable bonds is 1. The van der Waals surface area contributed by atoms with Crippen molar-refractivity contribution < 1.29 is 0 Å². The highest BCUT2D eigenvalue weighted by Gasteiger charge is 1.97. The largest absolute Gasteiger partial charge is 0.321 e. The molecule has 0 amide bonds. The van der Waals surface area contributed by atoms with Crippen molar-refractivity contribution in [2.45, 2.75) is 0 Å². The van der Waals surface area contributed by atoms with Crippen molar-refractivity contribution in [3.8, 4) is 11.4 Å². The van der Waals surface area contributed by atoms with Crippen LogP contribution in [0.2, 0.25) is 0 Å². The van der Waals surface area contributed by atoms with Crippen LogP contribution < -0.4 is 5.56 Å². The Kier molecular flexibility index (Phi) is 1.51. The first kappa shape index (κ1) is 6.84. The summed E-state index contributed by atoms with van der Waals surface area (Å²) in [7, 11) is 0. The minimum Gasteiger partial charge on any atom is -0.321 e. The van der Waals surface area contributed by atoms with Crippen LogP contribution in [0.3, 0.4) is 0 Å². The zero-order valence-corrected chi connectivity index (χ0v) is 6.24. The molecule has 0 unspecified atom stereocenters. The molecule has 0 spiro atoms. The van der Waals surface area contributed by atoms with E-state index in [9.17, 15) is 4.79 Å². The molecule has 0 fully saturated rings. The van der Waals surface area contributed by atoms with E-state index in [1.54, 1.807) is 24.4 Å². The van der Waals surface area contributed by atoms with Gasteiger partial charge in [0, 0.05) is 12.3 Å². The first-order valence-corrected chi connectivity index (χ1v) is 3.56. The summed E-state index contributed by atoms with van der Waals surface area (Å²) in [6.45, 7) is 0. The molecule has 12 heavy (non-hydrogen) atoms. The second-order valence-electron chi connectivity index (χ2n) is 2.39. The summed E-state index contributed by atoms with van der Waals surface area (Å²) in [5.41, 5.74) is 1.35. The van der Waals surface area contributed by atoms with Gasteiger partial charge in [0.2, 0.25) is 5.56 Å². The highest BCUT2D eigenvalue weighted by molar-refractivity contribution is 5.52. The average molecular weight is 161 g/mol. The summed E-state index contributed by atoms with van der Waals surface area (Å²) >= 11 is 0. The number of hydrogen-bond donors (Lipinski definition) is 2. The highest BCUT2D eigenvalue weighted by Crippen LogP contribution is 2.09. The summed E-state index contributed by atoms with van der Waals surface area (Å²) in [6.07, 6.45) is 1.71. The minimum atomic E-state index is -0.115. The van der Waals surface area contributed by atoms with Crippen molar-refractivity contribution in [1.29, 1.82) is 0 Å². The van der Waals surface area contributed by atoms with Gasteiger partial charge in [-0.2, -0.15) is 5.10 Å². The molecular weight excluding hydrogens is 154 g/mol. The van der Waals surface area contributed by atoms with E-state index in [0.29, 0.717) is 0 Å². The normalized spacial score (nSPS) is 10.0. The van der Waals surface area contributed by atoms with Crippen LogP contribution in [0.15, 0.2) is 35.3 Å². The zero-order valence-electron chi connectivity index (χ0n) is 6.24. The van der Waals surface area contributed by atoms with Gasteiger partial charge < -0.3 is 4.98 Å². The van der Waals surface area contributed by atoms with E-state index < -0.39 is 0 Å². The standard InChI is InChI=1S/C8H7N3O/c12-8-3-1-2-6(10-8)7-4-5-9-11-7/h1-5H,(H,9,11)(H,10,12). The van der Waals surface area contributed by atoms with Gasteiger partial charge in [-0.15, -0.1) is 0 Å². The lowest BCUT2D eigenvalue weighted by Gasteiger charge is -1.92. The molecule has 4 nitrogen and oxygen atoms in total. The fraction of sp³-hybridized carbons (Fsp3) is 0. The maximum Gasteiger partial charge on any atom is 0.248 e. The zero-order chi connectivity index (χ0) is 8.39. The fourth-order valence-electron chi connectivity index (χ4n) is 1.01. The molecule has 0 atom stereocenters. The van der Waals surface area contributed by atoms with E-state index in [4.69, 9.17) is 0 Å². The van der Waals surface area contributed by atoms with E-state index in [1.165, 1.54) is 6.07 Å². The van der Waals surface area contributed by atoms with Crippen LogP contribution in [0.1, 0.15) is 0 Å². The number of nitrogens with one attached hydrogen (secondary N) is 2. The summed E-state index contributed by atoms with van der Waals surface area (Å²) < 4.78 is 0. The third-order valence-corrected chi connectivity index (χ3v) is 1.55. The number of nitrogens with zero attached hydrogens (tertiary/aromatic N) is 1. The molecule has 0 bridgehead atoms. The van der Waals surface area contributed by atoms with Crippen LogP contribution in [-0.4, -0.2) is 15.2 Å². The van der Waals surface area contributed by atoms with Crippen LogP contribution in [-0.2, 0) is 0 Å². The Balaban J connectivity index is 2.55. The molecule has 0 radical (unpaired) electrons. The maximum atomic E-state index is 10.9. The molecule has 0 saturated carbocycles. The molecule has 2 heterocycles. The van der Waals surface area contributed by atoms with Gasteiger partial charge in [0.25, 0.3) is 0 Å². The van der Waals surface area contributed by atoms with E-state index in [2.05, 4.69) is 15.2 Å². The van der Waals surface area contributed by atoms with Gasteiger partial charge >= 0.3 is 0 Å². The van der Waals surface area contributed by atoms with E-state index in [0.717, 1.165) is 11.4 Å². The van der Waals surface area contributed by atoms with Crippen LogP contribution in [0.5, 0.6) is 0 Å². The van der Waals surface area contributed by atoms with Crippen LogP contribution in [0.4, 0.5) is 0 Å². The van der Waals surface area contributed by atoms with Crippen molar-refractivity contribution in [2.75, 3.05) is 0 Å². The molecule has 2 N–H and O–H groups in total. The first-order chi connectivity index (χ1) is 5.86. The van der Waals surface area contributed by atoms with Gasteiger partial charge in [-0.1, -0.05) is 6.07 Å². The average Bonchev–Trinajstić information content (AvgIpc) is 2.56. The highest BCUT2D eigenvalue weighted by atomic mass is 16.1.